The van der Waals surface area contributed by atoms with Gasteiger partial charge >= 0.3 is 11.9 Å². The van der Waals surface area contributed by atoms with Gasteiger partial charge in [0.15, 0.2) is 0 Å². The second-order valence-corrected chi connectivity index (χ2v) is 3.55. The fraction of sp³-hybridized carbons (Fsp3) is 0.538. The molecule has 1 N–H and O–H groups in total. The standard InChI is InChI=1S/C13H20O5/c1-5-10(6-2)9-13(16,11(14)17-7-3)12(15)18-8-4/h5-6,16H,1,7-9H2,2-4H3/b10-6+. The van der Waals surface area contributed by atoms with Gasteiger partial charge < -0.3 is 14.6 Å². The Hall–Kier alpha value is -1.62. The van der Waals surface area contributed by atoms with Crippen LogP contribution in [0.2, 0.25) is 0 Å². The largest absolute Gasteiger partial charge is 0.463 e. The van der Waals surface area contributed by atoms with Crippen molar-refractivity contribution in [2.24, 2.45) is 0 Å². The number of rotatable bonds is 7. The molecule has 0 saturated carbocycles. The Morgan fingerprint density at radius 1 is 1.22 bits per heavy atom. The molecule has 102 valence electrons. The van der Waals surface area contributed by atoms with Crippen LogP contribution in [0.25, 0.3) is 0 Å². The van der Waals surface area contributed by atoms with E-state index in [9.17, 15) is 14.7 Å². The number of hydrogen-bond acceptors (Lipinski definition) is 5. The van der Waals surface area contributed by atoms with E-state index in [0.717, 1.165) is 0 Å². The van der Waals surface area contributed by atoms with Gasteiger partial charge in [-0.3, -0.25) is 0 Å². The first-order valence-electron chi connectivity index (χ1n) is 5.80. The summed E-state index contributed by atoms with van der Waals surface area (Å²) in [5, 5.41) is 10.2. The third-order valence-electron chi connectivity index (χ3n) is 2.32. The maximum absolute atomic E-state index is 11.7. The minimum Gasteiger partial charge on any atom is -0.463 e. The van der Waals surface area contributed by atoms with Crippen LogP contribution in [-0.4, -0.2) is 35.9 Å². The van der Waals surface area contributed by atoms with Gasteiger partial charge in [0, 0.05) is 6.42 Å². The smallest absolute Gasteiger partial charge is 0.350 e. The average Bonchev–Trinajstić information content (AvgIpc) is 2.36. The van der Waals surface area contributed by atoms with E-state index in [1.807, 2.05) is 0 Å². The second kappa shape index (κ2) is 7.66. The Bertz CT molecular complexity index is 325. The van der Waals surface area contributed by atoms with Crippen molar-refractivity contribution in [3.8, 4) is 0 Å². The zero-order valence-corrected chi connectivity index (χ0v) is 11.1. The molecule has 0 unspecified atom stereocenters. The Kier molecular flexibility index (Phi) is 6.97. The van der Waals surface area contributed by atoms with Crippen molar-refractivity contribution in [1.29, 1.82) is 0 Å². The zero-order valence-electron chi connectivity index (χ0n) is 11.1. The minimum atomic E-state index is -2.32. The zero-order chi connectivity index (χ0) is 14.2. The summed E-state index contributed by atoms with van der Waals surface area (Å²) in [6.07, 6.45) is 2.89. The molecule has 0 aromatic carbocycles. The Morgan fingerprint density at radius 2 is 1.67 bits per heavy atom. The van der Waals surface area contributed by atoms with Gasteiger partial charge in [0.25, 0.3) is 5.60 Å². The van der Waals surface area contributed by atoms with E-state index in [-0.39, 0.29) is 19.6 Å². The first-order chi connectivity index (χ1) is 8.46. The quantitative estimate of drug-likeness (QED) is 0.423. The number of carbonyl (C=O) groups is 2. The summed E-state index contributed by atoms with van der Waals surface area (Å²) in [4.78, 5) is 23.4. The van der Waals surface area contributed by atoms with Crippen molar-refractivity contribution in [3.05, 3.63) is 24.3 Å². The fourth-order valence-electron chi connectivity index (χ4n) is 1.32. The molecule has 0 aromatic heterocycles. The summed E-state index contributed by atoms with van der Waals surface area (Å²) in [6.45, 7) is 8.58. The van der Waals surface area contributed by atoms with Crippen LogP contribution in [0.3, 0.4) is 0 Å². The van der Waals surface area contributed by atoms with Gasteiger partial charge in [0.2, 0.25) is 0 Å². The number of allylic oxidation sites excluding steroid dienone is 2. The molecule has 0 amide bonds. The maximum Gasteiger partial charge on any atom is 0.350 e. The highest BCUT2D eigenvalue weighted by Crippen LogP contribution is 2.21. The normalized spacial score (nSPS) is 11.9. The molecule has 5 heteroatoms. The second-order valence-electron chi connectivity index (χ2n) is 3.55. The van der Waals surface area contributed by atoms with Crippen LogP contribution in [0.15, 0.2) is 24.3 Å². The van der Waals surface area contributed by atoms with Crippen molar-refractivity contribution >= 4 is 11.9 Å². The molecule has 0 aliphatic carbocycles. The number of aliphatic hydroxyl groups is 1. The first-order valence-corrected chi connectivity index (χ1v) is 5.80. The van der Waals surface area contributed by atoms with E-state index in [2.05, 4.69) is 6.58 Å². The van der Waals surface area contributed by atoms with Crippen LogP contribution < -0.4 is 0 Å². The number of esters is 2. The molecule has 0 spiro atoms. The van der Waals surface area contributed by atoms with E-state index < -0.39 is 17.5 Å². The van der Waals surface area contributed by atoms with Crippen molar-refractivity contribution in [1.82, 2.24) is 0 Å². The lowest BCUT2D eigenvalue weighted by molar-refractivity contribution is -0.183. The predicted molar refractivity (Wildman–Crippen MR) is 66.8 cm³/mol. The summed E-state index contributed by atoms with van der Waals surface area (Å²) in [7, 11) is 0. The number of carbonyl (C=O) groups excluding carboxylic acids is 2. The van der Waals surface area contributed by atoms with Gasteiger partial charge in [-0.2, -0.15) is 0 Å². The number of hydrogen-bond donors (Lipinski definition) is 1. The van der Waals surface area contributed by atoms with Gasteiger partial charge in [-0.1, -0.05) is 18.7 Å². The Balaban J connectivity index is 5.20. The van der Waals surface area contributed by atoms with Gasteiger partial charge in [-0.25, -0.2) is 9.59 Å². The molecule has 0 bridgehead atoms. The predicted octanol–water partition coefficient (Wildman–Crippen LogP) is 1.37. The summed E-state index contributed by atoms with van der Waals surface area (Å²) >= 11 is 0. The van der Waals surface area contributed by atoms with Crippen LogP contribution in [-0.2, 0) is 19.1 Å². The Labute approximate surface area is 107 Å². The van der Waals surface area contributed by atoms with E-state index in [0.29, 0.717) is 5.57 Å². The SMILES string of the molecule is C=C/C(=C\C)CC(O)(C(=O)OCC)C(=O)OCC. The van der Waals surface area contributed by atoms with Crippen molar-refractivity contribution in [3.63, 3.8) is 0 Å². The molecule has 0 rings (SSSR count). The van der Waals surface area contributed by atoms with Crippen molar-refractivity contribution < 1.29 is 24.2 Å². The molecule has 18 heavy (non-hydrogen) atoms. The van der Waals surface area contributed by atoms with E-state index in [1.54, 1.807) is 26.8 Å². The molecule has 0 heterocycles. The molecule has 0 saturated heterocycles. The summed E-state index contributed by atoms with van der Waals surface area (Å²) in [5.41, 5.74) is -1.76. The lowest BCUT2D eigenvalue weighted by atomic mass is 9.94. The topological polar surface area (TPSA) is 72.8 Å². The van der Waals surface area contributed by atoms with Gasteiger partial charge in [0.1, 0.15) is 0 Å². The fourth-order valence-corrected chi connectivity index (χ4v) is 1.32. The average molecular weight is 256 g/mol. The lowest BCUT2D eigenvalue weighted by Gasteiger charge is -2.23. The van der Waals surface area contributed by atoms with Crippen LogP contribution in [0.1, 0.15) is 27.2 Å². The molecular weight excluding hydrogens is 236 g/mol. The molecule has 5 nitrogen and oxygen atoms in total. The van der Waals surface area contributed by atoms with E-state index in [1.165, 1.54) is 6.08 Å². The highest BCUT2D eigenvalue weighted by molar-refractivity contribution is 6.03. The van der Waals surface area contributed by atoms with E-state index >= 15 is 0 Å². The van der Waals surface area contributed by atoms with Crippen LogP contribution in [0.5, 0.6) is 0 Å². The molecular formula is C13H20O5. The van der Waals surface area contributed by atoms with E-state index in [4.69, 9.17) is 9.47 Å². The monoisotopic (exact) mass is 256 g/mol. The molecule has 0 radical (unpaired) electrons. The minimum absolute atomic E-state index is 0.0693. The van der Waals surface area contributed by atoms with Gasteiger partial charge in [0.05, 0.1) is 13.2 Å². The molecule has 0 aromatic rings. The van der Waals surface area contributed by atoms with Gasteiger partial charge in [-0.15, -0.1) is 0 Å². The highest BCUT2D eigenvalue weighted by atomic mass is 16.6. The third kappa shape index (κ3) is 4.00. The molecule has 0 aliphatic heterocycles. The van der Waals surface area contributed by atoms with Crippen molar-refractivity contribution in [2.45, 2.75) is 32.8 Å². The molecule has 0 aliphatic rings. The van der Waals surface area contributed by atoms with Crippen molar-refractivity contribution in [2.75, 3.05) is 13.2 Å². The van der Waals surface area contributed by atoms with Crippen LogP contribution >= 0.6 is 0 Å². The summed E-state index contributed by atoms with van der Waals surface area (Å²) < 4.78 is 9.43. The summed E-state index contributed by atoms with van der Waals surface area (Å²) in [6, 6.07) is 0. The van der Waals surface area contributed by atoms with Crippen LogP contribution in [0.4, 0.5) is 0 Å². The maximum atomic E-state index is 11.7. The third-order valence-corrected chi connectivity index (χ3v) is 2.32. The Morgan fingerprint density at radius 3 is 1.94 bits per heavy atom. The lowest BCUT2D eigenvalue weighted by Crippen LogP contribution is -2.49. The van der Waals surface area contributed by atoms with Crippen LogP contribution in [0, 0.1) is 0 Å². The first kappa shape index (κ1) is 16.4. The van der Waals surface area contributed by atoms with Gasteiger partial charge in [-0.05, 0) is 26.3 Å². The molecule has 0 atom stereocenters. The summed E-state index contributed by atoms with van der Waals surface area (Å²) in [5.74, 6) is -2.02. The number of ether oxygens (including phenoxy) is 2. The highest BCUT2D eigenvalue weighted by Gasteiger charge is 2.47. The molecule has 0 fully saturated rings.